The van der Waals surface area contributed by atoms with Crippen LogP contribution in [-0.4, -0.2) is 27.1 Å². The first-order chi connectivity index (χ1) is 9.93. The molecule has 21 heavy (non-hydrogen) atoms. The van der Waals surface area contributed by atoms with Crippen LogP contribution in [0.4, 0.5) is 5.82 Å². The average Bonchev–Trinajstić information content (AvgIpc) is 2.99. The Hall–Kier alpha value is -2.50. The molecule has 6 heteroatoms. The number of benzene rings is 1. The fourth-order valence-electron chi connectivity index (χ4n) is 2.43. The van der Waals surface area contributed by atoms with Gasteiger partial charge in [-0.05, 0) is 12.1 Å². The van der Waals surface area contributed by atoms with Crippen molar-refractivity contribution in [3.63, 3.8) is 0 Å². The number of hydrogen-bond donors (Lipinski definition) is 2. The van der Waals surface area contributed by atoms with Crippen LogP contribution in [0.15, 0.2) is 24.3 Å². The number of nitrogens with two attached hydrogens (primary N) is 1. The van der Waals surface area contributed by atoms with Crippen LogP contribution in [0.25, 0.3) is 16.7 Å². The number of anilines is 1. The molecular weight excluding hydrogens is 266 g/mol. The van der Waals surface area contributed by atoms with Gasteiger partial charge in [-0.2, -0.15) is 10.2 Å². The molecule has 0 atom stereocenters. The van der Waals surface area contributed by atoms with E-state index < -0.39 is 0 Å². The van der Waals surface area contributed by atoms with E-state index in [4.69, 9.17) is 15.6 Å². The molecule has 2 aromatic heterocycles. The normalized spacial score (nSPS) is 12.0. The van der Waals surface area contributed by atoms with Gasteiger partial charge in [0.2, 0.25) is 0 Å². The Bertz CT molecular complexity index is 794. The van der Waals surface area contributed by atoms with E-state index in [1.54, 1.807) is 11.8 Å². The number of rotatable bonds is 2. The molecule has 0 aliphatic heterocycles. The number of nitrogen functional groups attached to an aromatic ring is 1. The lowest BCUT2D eigenvalue weighted by Gasteiger charge is -2.15. The predicted molar refractivity (Wildman–Crippen MR) is 82.9 cm³/mol. The van der Waals surface area contributed by atoms with Crippen molar-refractivity contribution in [3.8, 4) is 11.4 Å². The van der Waals surface area contributed by atoms with E-state index in [9.17, 15) is 0 Å². The SMILES string of the molecule is COc1ccccc1-n1nc(C(C)(C)C)c2c(N)[nH]nc21. The fourth-order valence-corrected chi connectivity index (χ4v) is 2.43. The lowest BCUT2D eigenvalue weighted by atomic mass is 9.91. The Morgan fingerprint density at radius 2 is 1.95 bits per heavy atom. The third-order valence-corrected chi connectivity index (χ3v) is 3.44. The molecule has 110 valence electrons. The smallest absolute Gasteiger partial charge is 0.186 e. The largest absolute Gasteiger partial charge is 0.494 e. The number of nitrogens with one attached hydrogen (secondary N) is 1. The highest BCUT2D eigenvalue weighted by molar-refractivity contribution is 5.91. The summed E-state index contributed by atoms with van der Waals surface area (Å²) < 4.78 is 7.20. The van der Waals surface area contributed by atoms with Crippen LogP contribution in [-0.2, 0) is 5.41 Å². The first-order valence-corrected chi connectivity index (χ1v) is 6.80. The van der Waals surface area contributed by atoms with Gasteiger partial charge in [-0.3, -0.25) is 5.10 Å². The molecule has 6 nitrogen and oxygen atoms in total. The highest BCUT2D eigenvalue weighted by atomic mass is 16.5. The van der Waals surface area contributed by atoms with Crippen molar-refractivity contribution in [2.75, 3.05) is 12.8 Å². The zero-order valence-electron chi connectivity index (χ0n) is 12.6. The second kappa shape index (κ2) is 4.51. The number of H-pyrrole nitrogens is 1. The van der Waals surface area contributed by atoms with Crippen LogP contribution >= 0.6 is 0 Å². The molecule has 1 aromatic carbocycles. The minimum atomic E-state index is -0.135. The van der Waals surface area contributed by atoms with Crippen LogP contribution in [0.2, 0.25) is 0 Å². The van der Waals surface area contributed by atoms with Crippen molar-refractivity contribution in [1.82, 2.24) is 20.0 Å². The maximum Gasteiger partial charge on any atom is 0.186 e. The Morgan fingerprint density at radius 1 is 1.24 bits per heavy atom. The number of fused-ring (bicyclic) bond motifs is 1. The van der Waals surface area contributed by atoms with Crippen molar-refractivity contribution in [3.05, 3.63) is 30.0 Å². The highest BCUT2D eigenvalue weighted by Gasteiger charge is 2.27. The van der Waals surface area contributed by atoms with E-state index in [2.05, 4.69) is 31.0 Å². The number of nitrogens with zero attached hydrogens (tertiary/aromatic N) is 3. The zero-order valence-corrected chi connectivity index (χ0v) is 12.6. The summed E-state index contributed by atoms with van der Waals surface area (Å²) in [4.78, 5) is 0. The molecule has 0 fully saturated rings. The molecule has 0 spiro atoms. The van der Waals surface area contributed by atoms with Gasteiger partial charge >= 0.3 is 0 Å². The molecule has 2 heterocycles. The Morgan fingerprint density at radius 3 is 2.62 bits per heavy atom. The van der Waals surface area contributed by atoms with Crippen molar-refractivity contribution in [2.45, 2.75) is 26.2 Å². The molecule has 0 unspecified atom stereocenters. The second-order valence-corrected chi connectivity index (χ2v) is 6.02. The number of aromatic amines is 1. The molecule has 3 aromatic rings. The van der Waals surface area contributed by atoms with Crippen molar-refractivity contribution in [1.29, 1.82) is 0 Å². The monoisotopic (exact) mass is 285 g/mol. The molecule has 0 amide bonds. The molecule has 3 rings (SSSR count). The van der Waals surface area contributed by atoms with Gasteiger partial charge in [0, 0.05) is 5.41 Å². The van der Waals surface area contributed by atoms with Gasteiger partial charge in [-0.1, -0.05) is 32.9 Å². The van der Waals surface area contributed by atoms with Crippen LogP contribution < -0.4 is 10.5 Å². The number of hydrogen-bond acceptors (Lipinski definition) is 4. The Kier molecular flexibility index (Phi) is 2.90. The van der Waals surface area contributed by atoms with Gasteiger partial charge in [0.1, 0.15) is 17.3 Å². The minimum absolute atomic E-state index is 0.135. The van der Waals surface area contributed by atoms with Crippen LogP contribution in [0, 0.1) is 0 Å². The topological polar surface area (TPSA) is 81.8 Å². The maximum atomic E-state index is 6.03. The Balaban J connectivity index is 2.34. The van der Waals surface area contributed by atoms with Gasteiger partial charge in [0.25, 0.3) is 0 Å². The number of aromatic nitrogens is 4. The fraction of sp³-hybridized carbons (Fsp3) is 0.333. The number of para-hydroxylation sites is 2. The van der Waals surface area contributed by atoms with Crippen LogP contribution in [0.1, 0.15) is 26.5 Å². The van der Waals surface area contributed by atoms with E-state index >= 15 is 0 Å². The van der Waals surface area contributed by atoms with Crippen LogP contribution in [0.3, 0.4) is 0 Å². The van der Waals surface area contributed by atoms with E-state index in [1.807, 2.05) is 24.3 Å². The molecule has 0 saturated heterocycles. The third-order valence-electron chi connectivity index (χ3n) is 3.44. The summed E-state index contributed by atoms with van der Waals surface area (Å²) in [5.74, 6) is 1.28. The zero-order chi connectivity index (χ0) is 15.2. The van der Waals surface area contributed by atoms with Gasteiger partial charge in [-0.15, -0.1) is 0 Å². The third kappa shape index (κ3) is 2.03. The van der Waals surface area contributed by atoms with Gasteiger partial charge in [0.15, 0.2) is 5.65 Å². The first kappa shape index (κ1) is 13.5. The number of methoxy groups -OCH3 is 1. The molecular formula is C15H19N5O. The van der Waals surface area contributed by atoms with Gasteiger partial charge < -0.3 is 10.5 Å². The summed E-state index contributed by atoms with van der Waals surface area (Å²) in [7, 11) is 1.64. The second-order valence-electron chi connectivity index (χ2n) is 6.02. The molecule has 0 aliphatic carbocycles. The molecule has 0 bridgehead atoms. The Labute approximate surface area is 122 Å². The van der Waals surface area contributed by atoms with E-state index in [0.717, 1.165) is 22.5 Å². The summed E-state index contributed by atoms with van der Waals surface area (Å²) >= 11 is 0. The van der Waals surface area contributed by atoms with E-state index in [1.165, 1.54) is 0 Å². The molecule has 0 aliphatic rings. The van der Waals surface area contributed by atoms with Crippen LogP contribution in [0.5, 0.6) is 5.75 Å². The lowest BCUT2D eigenvalue weighted by molar-refractivity contribution is 0.411. The lowest BCUT2D eigenvalue weighted by Crippen LogP contribution is -2.14. The van der Waals surface area contributed by atoms with Crippen molar-refractivity contribution in [2.24, 2.45) is 0 Å². The van der Waals surface area contributed by atoms with Gasteiger partial charge in [-0.25, -0.2) is 4.68 Å². The molecule has 0 radical (unpaired) electrons. The molecule has 3 N–H and O–H groups in total. The standard InChI is InChI=1S/C15H19N5O/c1-15(2,3)12-11-13(16)17-18-14(11)20(19-12)9-7-5-6-8-10(9)21-4/h5-8H,1-4H3,(H3,16,17,18). The average molecular weight is 285 g/mol. The summed E-state index contributed by atoms with van der Waals surface area (Å²) in [5.41, 5.74) is 8.36. The van der Waals surface area contributed by atoms with E-state index in [0.29, 0.717) is 11.5 Å². The summed E-state index contributed by atoms with van der Waals surface area (Å²) in [6, 6.07) is 7.71. The summed E-state index contributed by atoms with van der Waals surface area (Å²) in [6.45, 7) is 6.31. The quantitative estimate of drug-likeness (QED) is 0.758. The predicted octanol–water partition coefficient (Wildman–Crippen LogP) is 2.64. The van der Waals surface area contributed by atoms with Crippen molar-refractivity contribution >= 4 is 16.9 Å². The molecule has 0 saturated carbocycles. The summed E-state index contributed by atoms with van der Waals surface area (Å²) in [5, 5.41) is 12.7. The first-order valence-electron chi connectivity index (χ1n) is 6.80. The highest BCUT2D eigenvalue weighted by Crippen LogP contribution is 2.34. The summed E-state index contributed by atoms with van der Waals surface area (Å²) in [6.07, 6.45) is 0. The number of ether oxygens (including phenoxy) is 1. The maximum absolute atomic E-state index is 6.03. The van der Waals surface area contributed by atoms with E-state index in [-0.39, 0.29) is 5.41 Å². The van der Waals surface area contributed by atoms with Gasteiger partial charge in [0.05, 0.1) is 18.2 Å². The van der Waals surface area contributed by atoms with Crippen molar-refractivity contribution < 1.29 is 4.74 Å². The minimum Gasteiger partial charge on any atom is -0.494 e.